The van der Waals surface area contributed by atoms with Gasteiger partial charge in [0, 0.05) is 16.9 Å². The summed E-state index contributed by atoms with van der Waals surface area (Å²) >= 11 is 0. The Morgan fingerprint density at radius 1 is 1.07 bits per heavy atom. The topological polar surface area (TPSA) is 35.5 Å². The number of carbonyl (C=O) groups is 1. The van der Waals surface area contributed by atoms with E-state index >= 15 is 0 Å². The molecular weight excluding hydrogens is 343 g/mol. The van der Waals surface area contributed by atoms with Crippen molar-refractivity contribution < 1.29 is 18.7 Å². The number of ether oxygens (including phenoxy) is 2. The van der Waals surface area contributed by atoms with Crippen LogP contribution in [-0.2, 0) is 4.74 Å². The highest BCUT2D eigenvalue weighted by Crippen LogP contribution is 2.57. The van der Waals surface area contributed by atoms with Crippen molar-refractivity contribution in [3.8, 4) is 5.75 Å². The Morgan fingerprint density at radius 3 is 2.41 bits per heavy atom. The van der Waals surface area contributed by atoms with Gasteiger partial charge in [-0.2, -0.15) is 0 Å². The van der Waals surface area contributed by atoms with E-state index in [4.69, 9.17) is 9.47 Å². The van der Waals surface area contributed by atoms with Crippen molar-refractivity contribution in [2.45, 2.75) is 46.0 Å². The van der Waals surface area contributed by atoms with Gasteiger partial charge in [0.05, 0.1) is 12.0 Å². The van der Waals surface area contributed by atoms with Crippen molar-refractivity contribution in [3.05, 3.63) is 65.5 Å². The maximum Gasteiger partial charge on any atom is 0.205 e. The molecule has 2 aromatic rings. The van der Waals surface area contributed by atoms with E-state index < -0.39 is 6.29 Å². The van der Waals surface area contributed by atoms with E-state index in [1.807, 2.05) is 24.3 Å². The standard InChI is InChI=1S/C23H25FO3/c1-13(2)21-18(20(25)14-9-11-15(24)12-10-14)19-16-7-5-6-8-17(16)26-22(27-21)23(19,3)4/h5-13,18-19,21-22H,1-4H3/t18-,19-,21-,22+/m0/s1. The van der Waals surface area contributed by atoms with E-state index in [1.54, 1.807) is 12.1 Å². The Labute approximate surface area is 159 Å². The SMILES string of the molecule is CC(C)[C@@H]1O[C@H]2Oc3ccccc3[C@@H]([C@H]1C(=O)c1ccc(F)cc1)C2(C)C. The smallest absolute Gasteiger partial charge is 0.205 e. The first-order chi connectivity index (χ1) is 12.8. The molecule has 3 nitrogen and oxygen atoms in total. The molecule has 1 fully saturated rings. The van der Waals surface area contributed by atoms with Crippen LogP contribution in [-0.4, -0.2) is 18.2 Å². The molecular formula is C23H25FO3. The van der Waals surface area contributed by atoms with Gasteiger partial charge in [0.25, 0.3) is 0 Å². The van der Waals surface area contributed by atoms with Crippen LogP contribution in [0, 0.1) is 23.1 Å². The van der Waals surface area contributed by atoms with Crippen LogP contribution >= 0.6 is 0 Å². The molecule has 0 radical (unpaired) electrons. The van der Waals surface area contributed by atoms with Crippen molar-refractivity contribution in [2.24, 2.45) is 17.3 Å². The maximum absolute atomic E-state index is 13.6. The summed E-state index contributed by atoms with van der Waals surface area (Å²) in [5.74, 6) is 0.198. The third-order valence-electron chi connectivity index (χ3n) is 5.98. The number of carbonyl (C=O) groups excluding carboxylic acids is 1. The lowest BCUT2D eigenvalue weighted by Crippen LogP contribution is -2.59. The minimum Gasteiger partial charge on any atom is -0.464 e. The monoisotopic (exact) mass is 368 g/mol. The lowest BCUT2D eigenvalue weighted by atomic mass is 9.60. The molecule has 0 amide bonds. The van der Waals surface area contributed by atoms with Crippen LogP contribution in [0.3, 0.4) is 0 Å². The van der Waals surface area contributed by atoms with E-state index in [0.29, 0.717) is 5.56 Å². The van der Waals surface area contributed by atoms with Crippen molar-refractivity contribution >= 4 is 5.78 Å². The van der Waals surface area contributed by atoms with E-state index in [9.17, 15) is 9.18 Å². The molecule has 0 spiro atoms. The predicted octanol–water partition coefficient (Wildman–Crippen LogP) is 5.21. The van der Waals surface area contributed by atoms with Crippen LogP contribution in [0.2, 0.25) is 0 Å². The van der Waals surface area contributed by atoms with Crippen LogP contribution < -0.4 is 4.74 Å². The molecule has 2 heterocycles. The first-order valence-electron chi connectivity index (χ1n) is 9.51. The molecule has 1 saturated heterocycles. The molecule has 4 rings (SSSR count). The molecule has 4 heteroatoms. The van der Waals surface area contributed by atoms with Crippen molar-refractivity contribution in [1.82, 2.24) is 0 Å². The van der Waals surface area contributed by atoms with Gasteiger partial charge in [0.1, 0.15) is 11.6 Å². The normalized spacial score (nSPS) is 28.4. The number of Topliss-reactive ketones (excluding diaryl/α,β-unsaturated/α-hetero) is 1. The van der Waals surface area contributed by atoms with Gasteiger partial charge in [0.15, 0.2) is 5.78 Å². The van der Waals surface area contributed by atoms with Crippen molar-refractivity contribution in [1.29, 1.82) is 0 Å². The lowest BCUT2D eigenvalue weighted by molar-refractivity contribution is -0.249. The Balaban J connectivity index is 1.86. The van der Waals surface area contributed by atoms with E-state index in [0.717, 1.165) is 11.3 Å². The van der Waals surface area contributed by atoms with Crippen LogP contribution in [0.15, 0.2) is 48.5 Å². The average Bonchev–Trinajstić information content (AvgIpc) is 2.61. The second-order valence-electron chi connectivity index (χ2n) is 8.53. The Morgan fingerprint density at radius 2 is 1.74 bits per heavy atom. The number of benzene rings is 2. The fourth-order valence-electron chi connectivity index (χ4n) is 4.61. The number of halogens is 1. The van der Waals surface area contributed by atoms with Gasteiger partial charge >= 0.3 is 0 Å². The van der Waals surface area contributed by atoms with E-state index in [-0.39, 0.29) is 40.9 Å². The molecule has 2 aliphatic rings. The summed E-state index contributed by atoms with van der Waals surface area (Å²) in [6, 6.07) is 13.7. The summed E-state index contributed by atoms with van der Waals surface area (Å²) in [6.45, 7) is 8.32. The summed E-state index contributed by atoms with van der Waals surface area (Å²) in [5, 5.41) is 0. The van der Waals surface area contributed by atoms with Gasteiger partial charge in [-0.25, -0.2) is 4.39 Å². The van der Waals surface area contributed by atoms with Crippen LogP contribution in [0.25, 0.3) is 0 Å². The van der Waals surface area contributed by atoms with Gasteiger partial charge in [-0.05, 0) is 41.8 Å². The third-order valence-corrected chi connectivity index (χ3v) is 5.98. The molecule has 0 aromatic heterocycles. The second-order valence-corrected chi connectivity index (χ2v) is 8.53. The zero-order valence-corrected chi connectivity index (χ0v) is 16.1. The molecule has 0 unspecified atom stereocenters. The largest absolute Gasteiger partial charge is 0.464 e. The van der Waals surface area contributed by atoms with Crippen molar-refractivity contribution in [2.75, 3.05) is 0 Å². The minimum absolute atomic E-state index is 0.00179. The highest BCUT2D eigenvalue weighted by molar-refractivity contribution is 5.99. The van der Waals surface area contributed by atoms with Gasteiger partial charge in [-0.15, -0.1) is 0 Å². The minimum atomic E-state index is -0.401. The van der Waals surface area contributed by atoms with Gasteiger partial charge in [-0.3, -0.25) is 4.79 Å². The number of para-hydroxylation sites is 1. The molecule has 2 aromatic carbocycles. The number of hydrogen-bond donors (Lipinski definition) is 0. The molecule has 2 aliphatic heterocycles. The lowest BCUT2D eigenvalue weighted by Gasteiger charge is -2.55. The molecule has 2 bridgehead atoms. The molecule has 0 aliphatic carbocycles. The number of hydrogen-bond acceptors (Lipinski definition) is 3. The molecule has 4 atom stereocenters. The summed E-state index contributed by atoms with van der Waals surface area (Å²) in [4.78, 5) is 13.6. The molecule has 142 valence electrons. The Bertz CT molecular complexity index is 856. The fraction of sp³-hybridized carbons (Fsp3) is 0.435. The van der Waals surface area contributed by atoms with Crippen LogP contribution in [0.5, 0.6) is 5.75 Å². The zero-order valence-electron chi connectivity index (χ0n) is 16.1. The van der Waals surface area contributed by atoms with Crippen LogP contribution in [0.1, 0.15) is 49.5 Å². The summed E-state index contributed by atoms with van der Waals surface area (Å²) < 4.78 is 25.9. The van der Waals surface area contributed by atoms with Gasteiger partial charge in [-0.1, -0.05) is 45.9 Å². The number of fused-ring (bicyclic) bond motifs is 4. The average molecular weight is 368 g/mol. The Hall–Kier alpha value is -2.20. The van der Waals surface area contributed by atoms with Gasteiger partial charge < -0.3 is 9.47 Å². The van der Waals surface area contributed by atoms with E-state index in [1.165, 1.54) is 12.1 Å². The first kappa shape index (κ1) is 18.2. The molecule has 0 saturated carbocycles. The first-order valence-corrected chi connectivity index (χ1v) is 9.51. The quantitative estimate of drug-likeness (QED) is 0.698. The fourth-order valence-corrected chi connectivity index (χ4v) is 4.61. The second kappa shape index (κ2) is 6.45. The Kier molecular flexibility index (Phi) is 4.34. The maximum atomic E-state index is 13.6. The summed E-state index contributed by atoms with van der Waals surface area (Å²) in [6.07, 6.45) is -0.666. The highest BCUT2D eigenvalue weighted by Gasteiger charge is 2.58. The zero-order chi connectivity index (χ0) is 19.3. The van der Waals surface area contributed by atoms with Crippen molar-refractivity contribution in [3.63, 3.8) is 0 Å². The predicted molar refractivity (Wildman–Crippen MR) is 101 cm³/mol. The summed E-state index contributed by atoms with van der Waals surface area (Å²) in [7, 11) is 0. The highest BCUT2D eigenvalue weighted by atomic mass is 19.1. The third kappa shape index (κ3) is 2.87. The molecule has 27 heavy (non-hydrogen) atoms. The van der Waals surface area contributed by atoms with Gasteiger partial charge in [0.2, 0.25) is 6.29 Å². The number of rotatable bonds is 3. The van der Waals surface area contributed by atoms with Crippen LogP contribution in [0.4, 0.5) is 4.39 Å². The summed E-state index contributed by atoms with van der Waals surface area (Å²) in [5.41, 5.74) is 1.21. The van der Waals surface area contributed by atoms with E-state index in [2.05, 4.69) is 27.7 Å². The number of ketones is 1. The molecule has 0 N–H and O–H groups in total.